The molecule has 3 aromatic rings. The van der Waals surface area contributed by atoms with Gasteiger partial charge in [-0.25, -0.2) is 4.98 Å². The second kappa shape index (κ2) is 11.4. The number of ether oxygens (including phenoxy) is 1. The number of aromatic nitrogens is 2. The van der Waals surface area contributed by atoms with Gasteiger partial charge in [0.25, 0.3) is 0 Å². The van der Waals surface area contributed by atoms with Gasteiger partial charge in [-0.05, 0) is 49.6 Å². The number of nitrogens with one attached hydrogen (secondary N) is 1. The van der Waals surface area contributed by atoms with Crippen LogP contribution in [0.5, 0.6) is 5.75 Å². The van der Waals surface area contributed by atoms with Crippen LogP contribution in [0, 0.1) is 0 Å². The van der Waals surface area contributed by atoms with E-state index in [4.69, 9.17) is 21.3 Å². The molecule has 1 amide bonds. The SMILES string of the molecule is C=CC(=O)NCCCCCc1nc2ccccc2n1CCCOc1ccccc1Cl. The third-order valence-electron chi connectivity index (χ3n) is 4.92. The number of hydrogen-bond donors (Lipinski definition) is 1. The quantitative estimate of drug-likeness (QED) is 0.321. The Balaban J connectivity index is 1.53. The van der Waals surface area contributed by atoms with Crippen LogP contribution in [0.3, 0.4) is 0 Å². The number of hydrogen-bond acceptors (Lipinski definition) is 3. The van der Waals surface area contributed by atoms with Crippen LogP contribution in [-0.4, -0.2) is 28.6 Å². The minimum atomic E-state index is -0.115. The normalized spacial score (nSPS) is 10.8. The van der Waals surface area contributed by atoms with E-state index in [0.717, 1.165) is 61.3 Å². The summed E-state index contributed by atoms with van der Waals surface area (Å²) in [6.07, 6.45) is 6.10. The molecular formula is C24H28ClN3O2. The van der Waals surface area contributed by atoms with Crippen molar-refractivity contribution in [2.75, 3.05) is 13.2 Å². The first-order valence-electron chi connectivity index (χ1n) is 10.4. The van der Waals surface area contributed by atoms with Crippen LogP contribution >= 0.6 is 11.6 Å². The summed E-state index contributed by atoms with van der Waals surface area (Å²) in [5.41, 5.74) is 2.18. The van der Waals surface area contributed by atoms with Gasteiger partial charge in [-0.3, -0.25) is 4.79 Å². The van der Waals surface area contributed by atoms with Crippen molar-refractivity contribution >= 4 is 28.5 Å². The van der Waals surface area contributed by atoms with E-state index in [1.54, 1.807) is 0 Å². The smallest absolute Gasteiger partial charge is 0.243 e. The molecule has 1 aromatic heterocycles. The predicted octanol–water partition coefficient (Wildman–Crippen LogP) is 5.17. The van der Waals surface area contributed by atoms with E-state index in [-0.39, 0.29) is 5.91 Å². The van der Waals surface area contributed by atoms with Crippen LogP contribution in [0.1, 0.15) is 31.5 Å². The van der Waals surface area contributed by atoms with Crippen molar-refractivity contribution in [1.29, 1.82) is 0 Å². The molecule has 1 N–H and O–H groups in total. The first-order valence-corrected chi connectivity index (χ1v) is 10.8. The molecule has 0 fully saturated rings. The Morgan fingerprint density at radius 2 is 1.90 bits per heavy atom. The number of benzene rings is 2. The lowest BCUT2D eigenvalue weighted by Gasteiger charge is -2.11. The van der Waals surface area contributed by atoms with Crippen LogP contribution in [0.15, 0.2) is 61.2 Å². The van der Waals surface area contributed by atoms with Gasteiger partial charge in [0.15, 0.2) is 0 Å². The third-order valence-corrected chi connectivity index (χ3v) is 5.23. The summed E-state index contributed by atoms with van der Waals surface area (Å²) in [4.78, 5) is 16.0. The molecule has 0 aliphatic heterocycles. The Hall–Kier alpha value is -2.79. The van der Waals surface area contributed by atoms with Gasteiger partial charge >= 0.3 is 0 Å². The number of imidazole rings is 1. The number of carbonyl (C=O) groups is 1. The van der Waals surface area contributed by atoms with E-state index >= 15 is 0 Å². The van der Waals surface area contributed by atoms with Crippen LogP contribution in [-0.2, 0) is 17.8 Å². The lowest BCUT2D eigenvalue weighted by molar-refractivity contribution is -0.116. The van der Waals surface area contributed by atoms with Crippen molar-refractivity contribution in [3.63, 3.8) is 0 Å². The van der Waals surface area contributed by atoms with Crippen molar-refractivity contribution in [1.82, 2.24) is 14.9 Å². The molecule has 3 rings (SSSR count). The van der Waals surface area contributed by atoms with E-state index in [0.29, 0.717) is 18.2 Å². The van der Waals surface area contributed by atoms with Crippen molar-refractivity contribution in [2.45, 2.75) is 38.6 Å². The molecule has 30 heavy (non-hydrogen) atoms. The molecule has 0 bridgehead atoms. The summed E-state index contributed by atoms with van der Waals surface area (Å²) < 4.78 is 8.13. The van der Waals surface area contributed by atoms with Gasteiger partial charge in [-0.1, -0.05) is 48.9 Å². The van der Waals surface area contributed by atoms with E-state index < -0.39 is 0 Å². The second-order valence-corrected chi connectivity index (χ2v) is 7.51. The molecule has 6 heteroatoms. The van der Waals surface area contributed by atoms with Crippen molar-refractivity contribution in [3.8, 4) is 5.75 Å². The van der Waals surface area contributed by atoms with Crippen LogP contribution in [0.2, 0.25) is 5.02 Å². The average molecular weight is 426 g/mol. The summed E-state index contributed by atoms with van der Waals surface area (Å²) in [6.45, 7) is 5.58. The van der Waals surface area contributed by atoms with E-state index in [1.807, 2.05) is 36.4 Å². The van der Waals surface area contributed by atoms with Crippen molar-refractivity contribution in [3.05, 3.63) is 72.0 Å². The molecule has 2 aromatic carbocycles. The molecule has 5 nitrogen and oxygen atoms in total. The Morgan fingerprint density at radius 3 is 2.73 bits per heavy atom. The summed E-state index contributed by atoms with van der Waals surface area (Å²) in [6, 6.07) is 15.8. The number of unbranched alkanes of at least 4 members (excludes halogenated alkanes) is 2. The summed E-state index contributed by atoms with van der Waals surface area (Å²) in [7, 11) is 0. The molecular weight excluding hydrogens is 398 g/mol. The van der Waals surface area contributed by atoms with Crippen LogP contribution < -0.4 is 10.1 Å². The Bertz CT molecular complexity index is 983. The monoisotopic (exact) mass is 425 g/mol. The lowest BCUT2D eigenvalue weighted by atomic mass is 10.2. The van der Waals surface area contributed by atoms with Gasteiger partial charge in [0.05, 0.1) is 22.7 Å². The standard InChI is InChI=1S/C24H28ClN3O2/c1-2-24(29)26-16-9-3-4-15-23-27-20-12-6-7-13-21(20)28(23)17-10-18-30-22-14-8-5-11-19(22)25/h2,5-8,11-14H,1,3-4,9-10,15-18H2,(H,26,29). The minimum Gasteiger partial charge on any atom is -0.492 e. The maximum Gasteiger partial charge on any atom is 0.243 e. The maximum absolute atomic E-state index is 11.2. The number of aryl methyl sites for hydroxylation is 2. The van der Waals surface area contributed by atoms with E-state index in [1.165, 1.54) is 6.08 Å². The molecule has 0 radical (unpaired) electrons. The predicted molar refractivity (Wildman–Crippen MR) is 122 cm³/mol. The Morgan fingerprint density at radius 1 is 1.10 bits per heavy atom. The van der Waals surface area contributed by atoms with E-state index in [2.05, 4.69) is 28.6 Å². The van der Waals surface area contributed by atoms with Crippen LogP contribution in [0.25, 0.3) is 11.0 Å². The van der Waals surface area contributed by atoms with Gasteiger partial charge in [0.2, 0.25) is 5.91 Å². The molecule has 0 aliphatic carbocycles. The second-order valence-electron chi connectivity index (χ2n) is 7.11. The summed E-state index contributed by atoms with van der Waals surface area (Å²) in [5.74, 6) is 1.71. The van der Waals surface area contributed by atoms with Gasteiger partial charge in [-0.15, -0.1) is 0 Å². The van der Waals surface area contributed by atoms with Crippen molar-refractivity contribution in [2.24, 2.45) is 0 Å². The van der Waals surface area contributed by atoms with Gasteiger partial charge in [0, 0.05) is 19.5 Å². The topological polar surface area (TPSA) is 56.2 Å². The molecule has 0 spiro atoms. The zero-order valence-electron chi connectivity index (χ0n) is 17.1. The highest BCUT2D eigenvalue weighted by atomic mass is 35.5. The van der Waals surface area contributed by atoms with Gasteiger partial charge in [-0.2, -0.15) is 0 Å². The number of para-hydroxylation sites is 3. The Kier molecular flexibility index (Phi) is 8.33. The lowest BCUT2D eigenvalue weighted by Crippen LogP contribution is -2.21. The fraction of sp³-hybridized carbons (Fsp3) is 0.333. The first-order chi connectivity index (χ1) is 14.7. The molecule has 0 saturated heterocycles. The average Bonchev–Trinajstić information content (AvgIpc) is 3.12. The molecule has 1 heterocycles. The minimum absolute atomic E-state index is 0.115. The maximum atomic E-state index is 11.2. The van der Waals surface area contributed by atoms with E-state index in [9.17, 15) is 4.79 Å². The molecule has 0 unspecified atom stereocenters. The molecule has 0 atom stereocenters. The number of fused-ring (bicyclic) bond motifs is 1. The molecule has 0 aliphatic rings. The fourth-order valence-electron chi connectivity index (χ4n) is 3.40. The zero-order chi connectivity index (χ0) is 21.2. The van der Waals surface area contributed by atoms with Gasteiger partial charge < -0.3 is 14.6 Å². The van der Waals surface area contributed by atoms with Crippen LogP contribution in [0.4, 0.5) is 0 Å². The fourth-order valence-corrected chi connectivity index (χ4v) is 3.59. The number of amides is 1. The largest absolute Gasteiger partial charge is 0.492 e. The highest BCUT2D eigenvalue weighted by molar-refractivity contribution is 6.32. The highest BCUT2D eigenvalue weighted by Gasteiger charge is 2.10. The summed E-state index contributed by atoms with van der Waals surface area (Å²) >= 11 is 6.16. The first kappa shape index (κ1) is 21.9. The molecule has 158 valence electrons. The number of halogens is 1. The number of nitrogens with zero attached hydrogens (tertiary/aromatic N) is 2. The number of rotatable bonds is 12. The molecule has 0 saturated carbocycles. The Labute approximate surface area is 182 Å². The highest BCUT2D eigenvalue weighted by Crippen LogP contribution is 2.23. The zero-order valence-corrected chi connectivity index (χ0v) is 17.9. The van der Waals surface area contributed by atoms with Crippen molar-refractivity contribution < 1.29 is 9.53 Å². The third kappa shape index (κ3) is 6.10. The number of carbonyl (C=O) groups excluding carboxylic acids is 1. The summed E-state index contributed by atoms with van der Waals surface area (Å²) in [5, 5.41) is 3.45. The van der Waals surface area contributed by atoms with Gasteiger partial charge in [0.1, 0.15) is 11.6 Å².